The number of amides is 2. The molecular formula is C3H5B2N2O2S. The molecule has 51 valence electrons. The summed E-state index contributed by atoms with van der Waals surface area (Å²) in [4.78, 5) is 20.4. The van der Waals surface area contributed by atoms with Crippen molar-refractivity contribution in [3.8, 4) is 0 Å². The van der Waals surface area contributed by atoms with Crippen molar-refractivity contribution in [1.82, 2.24) is 9.44 Å². The highest BCUT2D eigenvalue weighted by Crippen LogP contribution is 1.83. The summed E-state index contributed by atoms with van der Waals surface area (Å²) in [5, 5.41) is 0. The van der Waals surface area contributed by atoms with Gasteiger partial charge >= 0.3 is 0 Å². The van der Waals surface area contributed by atoms with Gasteiger partial charge in [0.15, 0.2) is 11.6 Å². The molecule has 0 saturated carbocycles. The van der Waals surface area contributed by atoms with Gasteiger partial charge in [0, 0.05) is 0 Å². The van der Waals surface area contributed by atoms with Gasteiger partial charge in [0.2, 0.25) is 15.1 Å². The highest BCUT2D eigenvalue weighted by Gasteiger charge is 1.96. The second kappa shape index (κ2) is 5.22. The van der Waals surface area contributed by atoms with Gasteiger partial charge in [0.25, 0.3) is 0 Å². The molecule has 0 aromatic heterocycles. The first-order valence-electron chi connectivity index (χ1n) is 2.47. The second-order valence-corrected chi connectivity index (χ2v) is 1.94. The molecule has 0 aromatic rings. The summed E-state index contributed by atoms with van der Waals surface area (Å²) in [7, 11) is 6.02. The van der Waals surface area contributed by atoms with Gasteiger partial charge in [0.05, 0.1) is 12.1 Å². The van der Waals surface area contributed by atoms with Gasteiger partial charge in [-0.15, -0.1) is 0 Å². The van der Waals surface area contributed by atoms with Crippen molar-refractivity contribution >= 4 is 38.9 Å². The van der Waals surface area contributed by atoms with Crippen molar-refractivity contribution in [3.63, 3.8) is 0 Å². The molecule has 4 nitrogen and oxygen atoms in total. The van der Waals surface area contributed by atoms with Crippen LogP contribution in [0, 0.1) is 0 Å². The SMILES string of the molecule is [B]C(=O)NSNC(=O)[B]C. The Morgan fingerprint density at radius 3 is 2.50 bits per heavy atom. The van der Waals surface area contributed by atoms with E-state index in [0.29, 0.717) is 0 Å². The Balaban J connectivity index is 3.20. The lowest BCUT2D eigenvalue weighted by Gasteiger charge is -2.00. The van der Waals surface area contributed by atoms with E-state index in [1.807, 2.05) is 0 Å². The first-order valence-corrected chi connectivity index (χ1v) is 3.29. The maximum atomic E-state index is 10.4. The van der Waals surface area contributed by atoms with Crippen molar-refractivity contribution in [2.75, 3.05) is 0 Å². The molecule has 0 aliphatic rings. The van der Waals surface area contributed by atoms with Crippen LogP contribution in [0.15, 0.2) is 0 Å². The molecule has 2 N–H and O–H groups in total. The van der Waals surface area contributed by atoms with Gasteiger partial charge in [-0.2, -0.15) is 0 Å². The van der Waals surface area contributed by atoms with E-state index in [0.717, 1.165) is 12.1 Å². The molecule has 7 heteroatoms. The maximum Gasteiger partial charge on any atom is 0.230 e. The van der Waals surface area contributed by atoms with Crippen molar-refractivity contribution in [3.05, 3.63) is 0 Å². The maximum absolute atomic E-state index is 10.4. The van der Waals surface area contributed by atoms with Gasteiger partial charge < -0.3 is 0 Å². The Morgan fingerprint density at radius 1 is 1.50 bits per heavy atom. The van der Waals surface area contributed by atoms with Gasteiger partial charge in [-0.25, -0.2) is 0 Å². The lowest BCUT2D eigenvalue weighted by Crippen LogP contribution is -2.25. The molecule has 0 saturated heterocycles. The van der Waals surface area contributed by atoms with E-state index in [1.165, 1.54) is 7.28 Å². The summed E-state index contributed by atoms with van der Waals surface area (Å²) in [5.74, 6) is -0.972. The number of carbonyl (C=O) groups is 2. The smallest absolute Gasteiger partial charge is 0.230 e. The molecule has 2 amide bonds. The Hall–Kier alpha value is -0.580. The topological polar surface area (TPSA) is 58.2 Å². The molecule has 0 rings (SSSR count). The molecule has 3 radical (unpaired) electrons. The van der Waals surface area contributed by atoms with Gasteiger partial charge in [-0.05, 0) is 0 Å². The lowest BCUT2D eigenvalue weighted by molar-refractivity contribution is 0.263. The van der Waals surface area contributed by atoms with E-state index in [1.54, 1.807) is 6.82 Å². The summed E-state index contributed by atoms with van der Waals surface area (Å²) in [6.07, 6.45) is 0. The summed E-state index contributed by atoms with van der Waals surface area (Å²) in [6.45, 7) is 1.58. The zero-order chi connectivity index (χ0) is 7.98. The third-order valence-electron chi connectivity index (χ3n) is 0.565. The zero-order valence-corrected chi connectivity index (χ0v) is 6.20. The van der Waals surface area contributed by atoms with Crippen molar-refractivity contribution in [2.45, 2.75) is 6.82 Å². The number of hydrogen-bond donors (Lipinski definition) is 2. The van der Waals surface area contributed by atoms with Crippen LogP contribution < -0.4 is 9.44 Å². The van der Waals surface area contributed by atoms with E-state index in [9.17, 15) is 9.59 Å². The van der Waals surface area contributed by atoms with Crippen molar-refractivity contribution < 1.29 is 9.59 Å². The Bertz CT molecular complexity index is 142. The number of hydrogen-bond acceptors (Lipinski definition) is 3. The summed E-state index contributed by atoms with van der Waals surface area (Å²) in [6, 6.07) is 0. The number of rotatable bonds is 3. The average Bonchev–Trinajstić information content (AvgIpc) is 1.87. The van der Waals surface area contributed by atoms with Gasteiger partial charge in [0.1, 0.15) is 0 Å². The lowest BCUT2D eigenvalue weighted by atomic mass is 9.82. The predicted octanol–water partition coefficient (Wildman–Crippen LogP) is -0.110. The summed E-state index contributed by atoms with van der Waals surface area (Å²) >= 11 is 0.739. The fraction of sp³-hybridized carbons (Fsp3) is 0.333. The quantitative estimate of drug-likeness (QED) is 0.441. The van der Waals surface area contributed by atoms with Crippen LogP contribution in [0.3, 0.4) is 0 Å². The fourth-order valence-corrected chi connectivity index (χ4v) is 0.555. The van der Waals surface area contributed by atoms with E-state index >= 15 is 0 Å². The molecule has 0 bridgehead atoms. The number of nitrogens with one attached hydrogen (secondary N) is 2. The van der Waals surface area contributed by atoms with Crippen LogP contribution in [-0.4, -0.2) is 26.7 Å². The summed E-state index contributed by atoms with van der Waals surface area (Å²) < 4.78 is 4.39. The highest BCUT2D eigenvalue weighted by atomic mass is 32.2. The van der Waals surface area contributed by atoms with Crippen LogP contribution >= 0.6 is 12.1 Å². The second-order valence-electron chi connectivity index (χ2n) is 1.32. The molecule has 0 fully saturated rings. The van der Waals surface area contributed by atoms with E-state index in [2.05, 4.69) is 17.3 Å². The Kier molecular flexibility index (Phi) is 4.92. The Morgan fingerprint density at radius 2 is 2.10 bits per heavy atom. The van der Waals surface area contributed by atoms with Crippen LogP contribution in [0.25, 0.3) is 0 Å². The van der Waals surface area contributed by atoms with E-state index < -0.39 is 5.81 Å². The molecule has 0 heterocycles. The summed E-state index contributed by atoms with van der Waals surface area (Å²) in [5.41, 5.74) is 0. The normalized spacial score (nSPS) is 8.10. The van der Waals surface area contributed by atoms with Crippen LogP contribution in [0.5, 0.6) is 0 Å². The first-order chi connectivity index (χ1) is 4.66. The molecule has 0 aromatic carbocycles. The third-order valence-corrected chi connectivity index (χ3v) is 1.17. The molecule has 0 atom stereocenters. The zero-order valence-electron chi connectivity index (χ0n) is 5.38. The van der Waals surface area contributed by atoms with Crippen LogP contribution in [0.4, 0.5) is 9.59 Å². The standard InChI is InChI=1S/C3H5B2N2O2S/c1-5-3(9)7-10-6-2(4)8/h1H3,(H,6,8)(H,7,9). The molecule has 0 spiro atoms. The van der Waals surface area contributed by atoms with E-state index in [4.69, 9.17) is 0 Å². The number of carbonyl (C=O) groups excluding carboxylic acids is 2. The minimum atomic E-state index is -0.693. The average molecular weight is 155 g/mol. The van der Waals surface area contributed by atoms with Crippen molar-refractivity contribution in [1.29, 1.82) is 0 Å². The molecule has 0 aliphatic carbocycles. The van der Waals surface area contributed by atoms with Crippen LogP contribution in [0.2, 0.25) is 6.82 Å². The van der Waals surface area contributed by atoms with Crippen molar-refractivity contribution in [2.24, 2.45) is 0 Å². The molecular weight excluding hydrogens is 150 g/mol. The fourth-order valence-electron chi connectivity index (χ4n) is 0.185. The monoisotopic (exact) mass is 155 g/mol. The third kappa shape index (κ3) is 5.55. The van der Waals surface area contributed by atoms with Crippen LogP contribution in [0.1, 0.15) is 0 Å². The van der Waals surface area contributed by atoms with E-state index in [-0.39, 0.29) is 5.81 Å². The van der Waals surface area contributed by atoms with Crippen LogP contribution in [-0.2, 0) is 0 Å². The highest BCUT2D eigenvalue weighted by molar-refractivity contribution is 7.96. The minimum absolute atomic E-state index is 0.279. The molecule has 10 heavy (non-hydrogen) atoms. The molecule has 0 aliphatic heterocycles. The Labute approximate surface area is 65.4 Å². The minimum Gasteiger partial charge on any atom is -0.292 e. The van der Waals surface area contributed by atoms with Gasteiger partial charge in [-0.3, -0.25) is 19.0 Å². The predicted molar refractivity (Wildman–Crippen MR) is 42.0 cm³/mol. The first kappa shape index (κ1) is 9.42. The largest absolute Gasteiger partial charge is 0.292 e. The molecule has 0 unspecified atom stereocenters. The van der Waals surface area contributed by atoms with Gasteiger partial charge in [-0.1, -0.05) is 6.82 Å².